The Morgan fingerprint density at radius 2 is 1.65 bits per heavy atom. The third kappa shape index (κ3) is 3.96. The molecule has 4 nitrogen and oxygen atoms in total. The molecule has 0 fully saturated rings. The highest BCUT2D eigenvalue weighted by Gasteiger charge is 2.46. The largest absolute Gasteiger partial charge is 0.495 e. The molecule has 1 aromatic carbocycles. The number of halogens is 3. The number of amidine groups is 1. The summed E-state index contributed by atoms with van der Waals surface area (Å²) in [6.07, 6.45) is -4.77. The van der Waals surface area contributed by atoms with Crippen molar-refractivity contribution in [3.05, 3.63) is 30.3 Å². The lowest BCUT2D eigenvalue weighted by molar-refractivity contribution is -0.529. The van der Waals surface area contributed by atoms with Crippen molar-refractivity contribution >= 4 is 15.9 Å². The van der Waals surface area contributed by atoms with Gasteiger partial charge in [-0.25, -0.2) is 0 Å². The Morgan fingerprint density at radius 3 is 2.05 bits per heavy atom. The standard InChI is InChI=1S/C12H15F3N2O2S/c1-3-17(4-2)11(12(13,14)15)16-20(18,19)10-8-6-5-7-9-10/h5-9H,3-4H2,1-2H3/p+1. The molecule has 1 rings (SSSR count). The maximum Gasteiger partial charge on any atom is 0.495 e. The van der Waals surface area contributed by atoms with Gasteiger partial charge in [0.1, 0.15) is 4.90 Å². The van der Waals surface area contributed by atoms with Gasteiger partial charge in [-0.05, 0) is 26.0 Å². The summed E-state index contributed by atoms with van der Waals surface area (Å²) in [6, 6.07) is 6.94. The number of nitrogens with zero attached hydrogens (tertiary/aromatic N) is 1. The molecule has 0 saturated heterocycles. The SMILES string of the molecule is CC[N+](CC)=C(NS(=O)(=O)c1ccccc1)C(F)(F)F. The van der Waals surface area contributed by atoms with Gasteiger partial charge in [-0.1, -0.05) is 18.2 Å². The van der Waals surface area contributed by atoms with Gasteiger partial charge in [0.2, 0.25) is 0 Å². The van der Waals surface area contributed by atoms with E-state index in [0.29, 0.717) is 0 Å². The zero-order chi connectivity index (χ0) is 15.4. The van der Waals surface area contributed by atoms with E-state index in [1.54, 1.807) is 10.8 Å². The fraction of sp³-hybridized carbons (Fsp3) is 0.417. The molecule has 0 spiro atoms. The minimum absolute atomic E-state index is 0.0443. The van der Waals surface area contributed by atoms with Crippen LogP contribution in [0.4, 0.5) is 13.2 Å². The van der Waals surface area contributed by atoms with Crippen molar-refractivity contribution in [2.24, 2.45) is 0 Å². The lowest BCUT2D eigenvalue weighted by Crippen LogP contribution is -2.47. The van der Waals surface area contributed by atoms with E-state index in [-0.39, 0.29) is 18.0 Å². The van der Waals surface area contributed by atoms with Gasteiger partial charge in [-0.2, -0.15) is 26.3 Å². The van der Waals surface area contributed by atoms with Crippen LogP contribution in [-0.4, -0.2) is 38.1 Å². The molecule has 112 valence electrons. The third-order valence-electron chi connectivity index (χ3n) is 2.63. The average Bonchev–Trinajstić information content (AvgIpc) is 2.39. The van der Waals surface area contributed by atoms with Crippen LogP contribution < -0.4 is 4.72 Å². The Balaban J connectivity index is 3.25. The number of hydrogen-bond acceptors (Lipinski definition) is 2. The summed E-state index contributed by atoms with van der Waals surface area (Å²) in [5.74, 6) is -1.27. The number of sulfonamides is 1. The van der Waals surface area contributed by atoms with Crippen LogP contribution >= 0.6 is 0 Å². The maximum absolute atomic E-state index is 13.0. The molecule has 0 radical (unpaired) electrons. The zero-order valence-corrected chi connectivity index (χ0v) is 11.9. The van der Waals surface area contributed by atoms with Crippen molar-refractivity contribution in [2.45, 2.75) is 24.9 Å². The summed E-state index contributed by atoms with van der Waals surface area (Å²) in [5, 5.41) is 0. The molecule has 0 aliphatic carbocycles. The molecule has 8 heteroatoms. The number of alkyl halides is 3. The van der Waals surface area contributed by atoms with E-state index >= 15 is 0 Å². The molecule has 0 amide bonds. The van der Waals surface area contributed by atoms with Crippen molar-refractivity contribution in [1.82, 2.24) is 4.72 Å². The normalized spacial score (nSPS) is 12.1. The van der Waals surface area contributed by atoms with E-state index in [0.717, 1.165) is 4.58 Å². The first-order valence-electron chi connectivity index (χ1n) is 5.99. The highest BCUT2D eigenvalue weighted by Crippen LogP contribution is 2.18. The summed E-state index contributed by atoms with van der Waals surface area (Å²) < 4.78 is 65.4. The molecule has 0 aliphatic rings. The molecule has 1 N–H and O–H groups in total. The maximum atomic E-state index is 13.0. The number of rotatable bonds is 4. The topological polar surface area (TPSA) is 49.2 Å². The molecule has 0 unspecified atom stereocenters. The van der Waals surface area contributed by atoms with Crippen LogP contribution in [0.25, 0.3) is 0 Å². The van der Waals surface area contributed by atoms with Gasteiger partial charge in [0.15, 0.2) is 0 Å². The van der Waals surface area contributed by atoms with Gasteiger partial charge in [0.05, 0.1) is 13.1 Å². The summed E-state index contributed by atoms with van der Waals surface area (Å²) >= 11 is 0. The van der Waals surface area contributed by atoms with Crippen LogP contribution in [0.1, 0.15) is 13.8 Å². The monoisotopic (exact) mass is 309 g/mol. The molecule has 0 aliphatic heterocycles. The van der Waals surface area contributed by atoms with Crippen LogP contribution in [0.5, 0.6) is 0 Å². The molecule has 1 aromatic rings. The molecular weight excluding hydrogens is 293 g/mol. The highest BCUT2D eigenvalue weighted by atomic mass is 32.2. The second-order valence-corrected chi connectivity index (χ2v) is 5.62. The van der Waals surface area contributed by atoms with Gasteiger partial charge in [-0.15, -0.1) is 0 Å². The van der Waals surface area contributed by atoms with Crippen molar-refractivity contribution in [3.63, 3.8) is 0 Å². The van der Waals surface area contributed by atoms with Crippen LogP contribution in [0.3, 0.4) is 0 Å². The predicted octanol–water partition coefficient (Wildman–Crippen LogP) is 1.98. The minimum Gasteiger partial charge on any atom is -0.257 e. The lowest BCUT2D eigenvalue weighted by atomic mass is 10.4. The van der Waals surface area contributed by atoms with Crippen molar-refractivity contribution in [2.75, 3.05) is 13.1 Å². The highest BCUT2D eigenvalue weighted by molar-refractivity contribution is 7.90. The fourth-order valence-electron chi connectivity index (χ4n) is 1.63. The van der Waals surface area contributed by atoms with E-state index in [4.69, 9.17) is 0 Å². The summed E-state index contributed by atoms with van der Waals surface area (Å²) in [7, 11) is -4.26. The predicted molar refractivity (Wildman–Crippen MR) is 69.2 cm³/mol. The Bertz CT molecular complexity index is 574. The first-order chi connectivity index (χ1) is 9.22. The van der Waals surface area contributed by atoms with Gasteiger partial charge < -0.3 is 0 Å². The van der Waals surface area contributed by atoms with E-state index < -0.39 is 22.0 Å². The molecule has 0 saturated carbocycles. The van der Waals surface area contributed by atoms with E-state index in [2.05, 4.69) is 0 Å². The molecular formula is C12H16F3N2O2S+. The van der Waals surface area contributed by atoms with E-state index in [9.17, 15) is 21.6 Å². The summed E-state index contributed by atoms with van der Waals surface area (Å²) in [6.45, 7) is 3.13. The fourth-order valence-corrected chi connectivity index (χ4v) is 2.76. The van der Waals surface area contributed by atoms with Gasteiger partial charge in [-0.3, -0.25) is 4.58 Å². The Hall–Kier alpha value is -1.57. The Kier molecular flexibility index (Phi) is 5.15. The van der Waals surface area contributed by atoms with Crippen LogP contribution in [0.15, 0.2) is 35.2 Å². The molecule has 0 heterocycles. The molecule has 0 atom stereocenters. The first kappa shape index (κ1) is 16.5. The Morgan fingerprint density at radius 1 is 1.15 bits per heavy atom. The van der Waals surface area contributed by atoms with Gasteiger partial charge in [0.25, 0.3) is 0 Å². The molecule has 20 heavy (non-hydrogen) atoms. The quantitative estimate of drug-likeness (QED) is 0.525. The Labute approximate surface area is 116 Å². The number of nitrogens with one attached hydrogen (secondary N) is 1. The smallest absolute Gasteiger partial charge is 0.257 e. The molecule has 0 bridgehead atoms. The number of hydrogen-bond donors (Lipinski definition) is 1. The zero-order valence-electron chi connectivity index (χ0n) is 11.1. The third-order valence-corrected chi connectivity index (χ3v) is 3.99. The van der Waals surface area contributed by atoms with Crippen LogP contribution in [0, 0.1) is 0 Å². The van der Waals surface area contributed by atoms with Gasteiger partial charge in [0, 0.05) is 0 Å². The van der Waals surface area contributed by atoms with Crippen LogP contribution in [0.2, 0.25) is 0 Å². The molecule has 0 aromatic heterocycles. The second-order valence-electron chi connectivity index (χ2n) is 3.94. The lowest BCUT2D eigenvalue weighted by Gasteiger charge is -2.12. The van der Waals surface area contributed by atoms with Crippen molar-refractivity contribution in [1.29, 1.82) is 0 Å². The van der Waals surface area contributed by atoms with Crippen molar-refractivity contribution in [3.8, 4) is 0 Å². The summed E-state index contributed by atoms with van der Waals surface area (Å²) in [5.41, 5.74) is 0. The minimum atomic E-state index is -4.77. The second kappa shape index (κ2) is 6.25. The van der Waals surface area contributed by atoms with E-state index in [1.807, 2.05) is 0 Å². The van der Waals surface area contributed by atoms with E-state index in [1.165, 1.54) is 38.1 Å². The van der Waals surface area contributed by atoms with Crippen LogP contribution in [-0.2, 0) is 10.0 Å². The number of benzene rings is 1. The summed E-state index contributed by atoms with van der Waals surface area (Å²) in [4.78, 5) is -0.214. The van der Waals surface area contributed by atoms with Gasteiger partial charge >= 0.3 is 22.0 Å². The first-order valence-corrected chi connectivity index (χ1v) is 7.47. The average molecular weight is 309 g/mol. The van der Waals surface area contributed by atoms with Crippen molar-refractivity contribution < 1.29 is 26.2 Å².